The van der Waals surface area contributed by atoms with Gasteiger partial charge in [-0.1, -0.05) is 49.4 Å². The van der Waals surface area contributed by atoms with Crippen molar-refractivity contribution in [1.82, 2.24) is 0 Å². The molecule has 0 saturated heterocycles. The molecule has 6 nitrogen and oxygen atoms in total. The van der Waals surface area contributed by atoms with Crippen molar-refractivity contribution in [2.75, 3.05) is 28.6 Å². The SMILES string of the molecule is CCCN(C(C)=O)c1ccc(NC(=O)C(Nc2cccc(CCN)c2)c2ccccc2)cc1. The molecular formula is C27H32N4O2. The molecule has 33 heavy (non-hydrogen) atoms. The van der Waals surface area contributed by atoms with Crippen LogP contribution in [0.2, 0.25) is 0 Å². The fourth-order valence-electron chi connectivity index (χ4n) is 3.73. The summed E-state index contributed by atoms with van der Waals surface area (Å²) in [6, 6.07) is 24.4. The van der Waals surface area contributed by atoms with Crippen molar-refractivity contribution in [3.63, 3.8) is 0 Å². The smallest absolute Gasteiger partial charge is 0.251 e. The van der Waals surface area contributed by atoms with Crippen LogP contribution in [0.15, 0.2) is 78.9 Å². The second kappa shape index (κ2) is 11.8. The standard InChI is InChI=1S/C27H32N4O2/c1-3-18-31(20(2)32)25-14-12-23(13-15-25)30-27(33)26(22-9-5-4-6-10-22)29-24-11-7-8-21(19-24)16-17-28/h4-15,19,26,29H,3,16-18,28H2,1-2H3,(H,30,33). The summed E-state index contributed by atoms with van der Waals surface area (Å²) in [6.07, 6.45) is 1.65. The van der Waals surface area contributed by atoms with Crippen LogP contribution in [0.5, 0.6) is 0 Å². The summed E-state index contributed by atoms with van der Waals surface area (Å²) < 4.78 is 0. The third kappa shape index (κ3) is 6.67. The van der Waals surface area contributed by atoms with E-state index in [2.05, 4.69) is 10.6 Å². The van der Waals surface area contributed by atoms with Gasteiger partial charge in [0.1, 0.15) is 6.04 Å². The Hall–Kier alpha value is -3.64. The highest BCUT2D eigenvalue weighted by Crippen LogP contribution is 2.24. The highest BCUT2D eigenvalue weighted by Gasteiger charge is 2.21. The Morgan fingerprint density at radius 2 is 1.67 bits per heavy atom. The van der Waals surface area contributed by atoms with Crippen molar-refractivity contribution in [2.24, 2.45) is 5.73 Å². The van der Waals surface area contributed by atoms with E-state index >= 15 is 0 Å². The quantitative estimate of drug-likeness (QED) is 0.421. The van der Waals surface area contributed by atoms with Gasteiger partial charge in [-0.05, 0) is 66.9 Å². The van der Waals surface area contributed by atoms with E-state index in [4.69, 9.17) is 5.73 Å². The van der Waals surface area contributed by atoms with E-state index in [9.17, 15) is 9.59 Å². The number of benzene rings is 3. The minimum atomic E-state index is -0.576. The minimum absolute atomic E-state index is 0.00107. The minimum Gasteiger partial charge on any atom is -0.370 e. The Kier molecular flexibility index (Phi) is 8.61. The number of hydrogen-bond acceptors (Lipinski definition) is 4. The molecule has 0 aliphatic carbocycles. The number of carbonyl (C=O) groups is 2. The number of anilines is 3. The van der Waals surface area contributed by atoms with Crippen LogP contribution in [0, 0.1) is 0 Å². The van der Waals surface area contributed by atoms with Gasteiger partial charge in [-0.15, -0.1) is 0 Å². The molecule has 4 N–H and O–H groups in total. The Morgan fingerprint density at radius 1 is 0.939 bits per heavy atom. The van der Waals surface area contributed by atoms with Crippen LogP contribution in [0.1, 0.15) is 37.4 Å². The van der Waals surface area contributed by atoms with Gasteiger partial charge >= 0.3 is 0 Å². The van der Waals surface area contributed by atoms with E-state index in [1.807, 2.05) is 85.8 Å². The van der Waals surface area contributed by atoms with Crippen LogP contribution in [0.25, 0.3) is 0 Å². The summed E-state index contributed by atoms with van der Waals surface area (Å²) in [6.45, 7) is 4.82. The van der Waals surface area contributed by atoms with Crippen LogP contribution in [0.4, 0.5) is 17.1 Å². The zero-order valence-electron chi connectivity index (χ0n) is 19.3. The lowest BCUT2D eigenvalue weighted by Crippen LogP contribution is -2.29. The number of nitrogens with zero attached hydrogens (tertiary/aromatic N) is 1. The largest absolute Gasteiger partial charge is 0.370 e. The van der Waals surface area contributed by atoms with Crippen LogP contribution in [0.3, 0.4) is 0 Å². The molecule has 0 aliphatic heterocycles. The molecule has 1 unspecified atom stereocenters. The van der Waals surface area contributed by atoms with Crippen LogP contribution in [-0.4, -0.2) is 24.9 Å². The highest BCUT2D eigenvalue weighted by molar-refractivity contribution is 5.98. The lowest BCUT2D eigenvalue weighted by molar-refractivity contribution is -0.117. The molecule has 0 aromatic heterocycles. The first-order valence-electron chi connectivity index (χ1n) is 11.3. The average Bonchev–Trinajstić information content (AvgIpc) is 2.82. The second-order valence-electron chi connectivity index (χ2n) is 7.93. The number of hydrogen-bond donors (Lipinski definition) is 3. The summed E-state index contributed by atoms with van der Waals surface area (Å²) in [4.78, 5) is 27.0. The molecule has 0 fully saturated rings. The Bertz CT molecular complexity index is 1050. The highest BCUT2D eigenvalue weighted by atomic mass is 16.2. The van der Waals surface area contributed by atoms with Gasteiger partial charge in [0, 0.05) is 30.5 Å². The molecule has 172 valence electrons. The number of rotatable bonds is 10. The molecule has 0 aliphatic rings. The van der Waals surface area contributed by atoms with Gasteiger partial charge in [0.25, 0.3) is 5.91 Å². The zero-order chi connectivity index (χ0) is 23.6. The fraction of sp³-hybridized carbons (Fsp3) is 0.259. The molecule has 6 heteroatoms. The first-order chi connectivity index (χ1) is 16.0. The van der Waals surface area contributed by atoms with Crippen molar-refractivity contribution in [3.8, 4) is 0 Å². The molecule has 0 radical (unpaired) electrons. The number of nitrogens with two attached hydrogens (primary N) is 1. The van der Waals surface area contributed by atoms with E-state index in [1.165, 1.54) is 0 Å². The van der Waals surface area contributed by atoms with Crippen LogP contribution < -0.4 is 21.3 Å². The van der Waals surface area contributed by atoms with Gasteiger partial charge in [0.05, 0.1) is 0 Å². The summed E-state index contributed by atoms with van der Waals surface area (Å²) in [5.74, 6) is -0.172. The van der Waals surface area contributed by atoms with Gasteiger partial charge in [0.2, 0.25) is 5.91 Å². The lowest BCUT2D eigenvalue weighted by Gasteiger charge is -2.22. The van der Waals surface area contributed by atoms with Crippen molar-refractivity contribution in [3.05, 3.63) is 90.0 Å². The molecule has 3 aromatic carbocycles. The monoisotopic (exact) mass is 444 g/mol. The average molecular weight is 445 g/mol. The number of amides is 2. The normalized spacial score (nSPS) is 11.5. The van der Waals surface area contributed by atoms with Crippen molar-refractivity contribution < 1.29 is 9.59 Å². The molecule has 3 aromatic rings. The van der Waals surface area contributed by atoms with Crippen molar-refractivity contribution in [2.45, 2.75) is 32.7 Å². The number of carbonyl (C=O) groups excluding carboxylic acids is 2. The molecular weight excluding hydrogens is 412 g/mol. The zero-order valence-corrected chi connectivity index (χ0v) is 19.3. The third-order valence-electron chi connectivity index (χ3n) is 5.34. The maximum atomic E-state index is 13.3. The molecule has 0 bridgehead atoms. The first kappa shape index (κ1) is 24.0. The van der Waals surface area contributed by atoms with Gasteiger partial charge in [0.15, 0.2) is 0 Å². The topological polar surface area (TPSA) is 87.5 Å². The van der Waals surface area contributed by atoms with E-state index in [1.54, 1.807) is 11.8 Å². The molecule has 0 heterocycles. The molecule has 2 amide bonds. The van der Waals surface area contributed by atoms with Gasteiger partial charge < -0.3 is 21.3 Å². The summed E-state index contributed by atoms with van der Waals surface area (Å²) in [5, 5.41) is 6.37. The fourth-order valence-corrected chi connectivity index (χ4v) is 3.73. The van der Waals surface area contributed by atoms with E-state index in [0.29, 0.717) is 18.8 Å². The molecule has 1 atom stereocenters. The summed E-state index contributed by atoms with van der Waals surface area (Å²) in [5.41, 5.74) is 10.0. The Labute approximate surface area is 195 Å². The molecule has 3 rings (SSSR count). The maximum absolute atomic E-state index is 13.3. The van der Waals surface area contributed by atoms with Crippen molar-refractivity contribution >= 4 is 28.9 Å². The van der Waals surface area contributed by atoms with Gasteiger partial charge in [-0.2, -0.15) is 0 Å². The Balaban J connectivity index is 1.79. The van der Waals surface area contributed by atoms with Gasteiger partial charge in [-0.3, -0.25) is 9.59 Å². The first-order valence-corrected chi connectivity index (χ1v) is 11.3. The van der Waals surface area contributed by atoms with Crippen molar-refractivity contribution in [1.29, 1.82) is 0 Å². The summed E-state index contributed by atoms with van der Waals surface area (Å²) >= 11 is 0. The molecule has 0 saturated carbocycles. The maximum Gasteiger partial charge on any atom is 0.251 e. The van der Waals surface area contributed by atoms with E-state index < -0.39 is 6.04 Å². The van der Waals surface area contributed by atoms with Crippen LogP contribution >= 0.6 is 0 Å². The predicted octanol–water partition coefficient (Wildman–Crippen LogP) is 4.74. The third-order valence-corrected chi connectivity index (χ3v) is 5.34. The predicted molar refractivity (Wildman–Crippen MR) is 135 cm³/mol. The van der Waals surface area contributed by atoms with E-state index in [-0.39, 0.29) is 11.8 Å². The van der Waals surface area contributed by atoms with E-state index in [0.717, 1.165) is 35.3 Å². The molecule has 0 spiro atoms. The Morgan fingerprint density at radius 3 is 2.30 bits per heavy atom. The number of nitrogens with one attached hydrogen (secondary N) is 2. The lowest BCUT2D eigenvalue weighted by atomic mass is 10.0. The second-order valence-corrected chi connectivity index (χ2v) is 7.93. The van der Waals surface area contributed by atoms with Gasteiger partial charge in [-0.25, -0.2) is 0 Å². The van der Waals surface area contributed by atoms with Crippen LogP contribution in [-0.2, 0) is 16.0 Å². The summed E-state index contributed by atoms with van der Waals surface area (Å²) in [7, 11) is 0.